The van der Waals surface area contributed by atoms with Crippen LogP contribution in [0.25, 0.3) is 0 Å². The Morgan fingerprint density at radius 3 is 2.57 bits per heavy atom. The van der Waals surface area contributed by atoms with Crippen molar-refractivity contribution in [3.63, 3.8) is 0 Å². The van der Waals surface area contributed by atoms with Crippen molar-refractivity contribution in [3.8, 4) is 0 Å². The fraction of sp³-hybridized carbons (Fsp3) is 0.200. The van der Waals surface area contributed by atoms with E-state index < -0.39 is 0 Å². The first-order chi connectivity index (χ1) is 3.30. The molecule has 0 atom stereocenters. The van der Waals surface area contributed by atoms with Crippen LogP contribution in [0.5, 0.6) is 0 Å². The van der Waals surface area contributed by atoms with Crippen molar-refractivity contribution in [2.75, 3.05) is 0 Å². The van der Waals surface area contributed by atoms with Crippen molar-refractivity contribution in [2.24, 2.45) is 0 Å². The second-order valence-electron chi connectivity index (χ2n) is 1.51. The molecule has 0 aliphatic rings. The first kappa shape index (κ1) is 4.98. The molecule has 0 aliphatic carbocycles. The molecule has 0 amide bonds. The van der Waals surface area contributed by atoms with Gasteiger partial charge in [-0.05, 0) is 0 Å². The maximum absolute atomic E-state index is 3.04. The zero-order valence-corrected chi connectivity index (χ0v) is 5.98. The molecule has 1 N–H and O–H groups in total. The van der Waals surface area contributed by atoms with Gasteiger partial charge in [-0.3, -0.25) is 0 Å². The summed E-state index contributed by atoms with van der Waals surface area (Å²) < 4.78 is 1.20. The molecular weight excluding hydrogens is 149 g/mol. The maximum atomic E-state index is 3.04. The summed E-state index contributed by atoms with van der Waals surface area (Å²) in [6, 6.07) is 2.05. The summed E-state index contributed by atoms with van der Waals surface area (Å²) >= 11 is 2.48. The van der Waals surface area contributed by atoms with Gasteiger partial charge in [0.05, 0.1) is 0 Å². The topological polar surface area (TPSA) is 15.8 Å². The Morgan fingerprint density at radius 2 is 2.43 bits per heavy atom. The van der Waals surface area contributed by atoms with E-state index in [1.54, 1.807) is 0 Å². The molecule has 1 aromatic heterocycles. The second-order valence-corrected chi connectivity index (χ2v) is 2.45. The normalized spacial score (nSPS) is 9.43. The number of aromatic nitrogens is 1. The van der Waals surface area contributed by atoms with E-state index in [-0.39, 0.29) is 0 Å². The average molecular weight is 155 g/mol. The van der Waals surface area contributed by atoms with Crippen molar-refractivity contribution < 1.29 is 0 Å². The van der Waals surface area contributed by atoms with Gasteiger partial charge in [0.1, 0.15) is 0 Å². The monoisotopic (exact) mass is 155 g/mol. The van der Waals surface area contributed by atoms with E-state index in [2.05, 4.69) is 28.8 Å². The minimum absolute atomic E-state index is 1.20. The molecule has 0 saturated carbocycles. The molecule has 0 fully saturated rings. The zero-order valence-electron chi connectivity index (χ0n) is 4.10. The average Bonchev–Trinajstić information content (AvgIpc) is 1.91. The van der Waals surface area contributed by atoms with Crippen LogP contribution in [0.3, 0.4) is 0 Å². The summed E-state index contributed by atoms with van der Waals surface area (Å²) in [5, 5.41) is 0. The van der Waals surface area contributed by atoms with Crippen LogP contribution in [-0.2, 0) is 0 Å². The third-order valence-electron chi connectivity index (χ3n) is 0.927. The van der Waals surface area contributed by atoms with Crippen LogP contribution >= 0.6 is 0 Å². The minimum atomic E-state index is 1.20. The first-order valence-electron chi connectivity index (χ1n) is 2.13. The summed E-state index contributed by atoms with van der Waals surface area (Å²) in [7, 11) is 0. The van der Waals surface area contributed by atoms with Gasteiger partial charge in [0.2, 0.25) is 0 Å². The van der Waals surface area contributed by atoms with Crippen LogP contribution in [0.1, 0.15) is 5.56 Å². The van der Waals surface area contributed by atoms with Gasteiger partial charge in [-0.25, -0.2) is 0 Å². The zero-order chi connectivity index (χ0) is 5.28. The summed E-state index contributed by atoms with van der Waals surface area (Å²) in [5.41, 5.74) is 1.31. The van der Waals surface area contributed by atoms with Crippen LogP contribution in [0, 0.1) is 6.92 Å². The van der Waals surface area contributed by atoms with E-state index in [0.717, 1.165) is 0 Å². The van der Waals surface area contributed by atoms with Crippen molar-refractivity contribution in [1.82, 2.24) is 4.98 Å². The molecule has 7 heavy (non-hydrogen) atoms. The van der Waals surface area contributed by atoms with Crippen molar-refractivity contribution in [3.05, 3.63) is 17.8 Å². The van der Waals surface area contributed by atoms with Gasteiger partial charge in [-0.2, -0.15) is 0 Å². The van der Waals surface area contributed by atoms with E-state index in [1.807, 2.05) is 12.3 Å². The summed E-state index contributed by atoms with van der Waals surface area (Å²) in [6.45, 7) is 2.07. The van der Waals surface area contributed by atoms with Crippen LogP contribution in [0.4, 0.5) is 0 Å². The van der Waals surface area contributed by atoms with Gasteiger partial charge in [0.25, 0.3) is 0 Å². The Labute approximate surface area is 51.6 Å². The number of hydrogen-bond acceptors (Lipinski definition) is 0. The van der Waals surface area contributed by atoms with E-state index in [4.69, 9.17) is 0 Å². The fourth-order valence-corrected chi connectivity index (χ4v) is 0.751. The Hall–Kier alpha value is -0.162. The molecule has 2 radical (unpaired) electrons. The molecule has 0 saturated heterocycles. The molecule has 36 valence electrons. The Balaban J connectivity index is 3.12. The van der Waals surface area contributed by atoms with Crippen molar-refractivity contribution >= 4 is 21.3 Å². The molecular formula is C5H6AsN. The summed E-state index contributed by atoms with van der Waals surface area (Å²) in [5.74, 6) is 0. The third-order valence-corrected chi connectivity index (χ3v) is 1.94. The number of rotatable bonds is 0. The number of aromatic amines is 1. The molecule has 0 spiro atoms. The molecule has 1 heterocycles. The molecule has 0 bridgehead atoms. The SMILES string of the molecule is Cc1cc[nH]c1[As]. The standard InChI is InChI=1S/C5H6AsN/c1-4-2-3-7-5(4)6/h2-3,7H,1H3. The number of hydrogen-bond donors (Lipinski definition) is 1. The Kier molecular flexibility index (Phi) is 1.25. The molecule has 1 nitrogen and oxygen atoms in total. The van der Waals surface area contributed by atoms with Crippen LogP contribution in [-0.4, -0.2) is 21.8 Å². The molecule has 0 unspecified atom stereocenters. The van der Waals surface area contributed by atoms with Crippen LogP contribution < -0.4 is 4.48 Å². The number of aryl methyl sites for hydroxylation is 1. The molecule has 0 aromatic carbocycles. The van der Waals surface area contributed by atoms with E-state index in [9.17, 15) is 0 Å². The third kappa shape index (κ3) is 0.889. The number of nitrogens with one attached hydrogen (secondary N) is 1. The molecule has 0 aliphatic heterocycles. The van der Waals surface area contributed by atoms with Gasteiger partial charge in [0.15, 0.2) is 0 Å². The van der Waals surface area contributed by atoms with Crippen molar-refractivity contribution in [2.45, 2.75) is 6.92 Å². The second kappa shape index (κ2) is 1.75. The Bertz CT molecular complexity index is 140. The van der Waals surface area contributed by atoms with Gasteiger partial charge in [0, 0.05) is 0 Å². The molecule has 2 heteroatoms. The van der Waals surface area contributed by atoms with E-state index >= 15 is 0 Å². The first-order valence-corrected chi connectivity index (χ1v) is 3.07. The van der Waals surface area contributed by atoms with E-state index in [1.165, 1.54) is 10.0 Å². The summed E-state index contributed by atoms with van der Waals surface area (Å²) in [4.78, 5) is 3.04. The fourth-order valence-electron chi connectivity index (χ4n) is 0.438. The predicted molar refractivity (Wildman–Crippen MR) is 30.9 cm³/mol. The molecule has 1 rings (SSSR count). The van der Waals surface area contributed by atoms with E-state index in [0.29, 0.717) is 0 Å². The van der Waals surface area contributed by atoms with Crippen LogP contribution in [0.2, 0.25) is 0 Å². The predicted octanol–water partition coefficient (Wildman–Crippen LogP) is 0.117. The molecule has 1 aromatic rings. The van der Waals surface area contributed by atoms with Gasteiger partial charge in [-0.1, -0.05) is 0 Å². The number of H-pyrrole nitrogens is 1. The Morgan fingerprint density at radius 1 is 1.71 bits per heavy atom. The van der Waals surface area contributed by atoms with Crippen molar-refractivity contribution in [1.29, 1.82) is 0 Å². The van der Waals surface area contributed by atoms with Gasteiger partial charge in [-0.15, -0.1) is 0 Å². The quantitative estimate of drug-likeness (QED) is 0.512. The summed E-state index contributed by atoms with van der Waals surface area (Å²) in [6.07, 6.45) is 1.93. The van der Waals surface area contributed by atoms with Gasteiger partial charge >= 0.3 is 51.1 Å². The van der Waals surface area contributed by atoms with Crippen LogP contribution in [0.15, 0.2) is 12.3 Å². The van der Waals surface area contributed by atoms with Gasteiger partial charge < -0.3 is 0 Å².